The summed E-state index contributed by atoms with van der Waals surface area (Å²) < 4.78 is 5.66. The van der Waals surface area contributed by atoms with Crippen molar-refractivity contribution in [1.29, 1.82) is 0 Å². The van der Waals surface area contributed by atoms with E-state index in [1.54, 1.807) is 0 Å². The topological polar surface area (TPSA) is 24.5 Å². The molecule has 3 heteroatoms. The summed E-state index contributed by atoms with van der Waals surface area (Å²) in [5.41, 5.74) is 0. The van der Waals surface area contributed by atoms with Gasteiger partial charge in [-0.3, -0.25) is 0 Å². The van der Waals surface area contributed by atoms with Crippen LogP contribution in [-0.2, 0) is 4.74 Å². The molecule has 0 aromatic heterocycles. The van der Waals surface area contributed by atoms with Gasteiger partial charge in [0, 0.05) is 19.1 Å². The molecule has 1 rings (SSSR count). The van der Waals surface area contributed by atoms with Crippen LogP contribution in [0.2, 0.25) is 0 Å². The molecule has 20 heavy (non-hydrogen) atoms. The SMILES string of the molecule is CC.CC(C)NCCOCCN1CCC(C(C)C)CC1. The molecule has 0 atom stereocenters. The minimum atomic E-state index is 0.559. The van der Waals surface area contributed by atoms with E-state index in [9.17, 15) is 0 Å². The van der Waals surface area contributed by atoms with Crippen LogP contribution in [0, 0.1) is 11.8 Å². The van der Waals surface area contributed by atoms with Crippen LogP contribution in [0.4, 0.5) is 0 Å². The van der Waals surface area contributed by atoms with Gasteiger partial charge < -0.3 is 15.0 Å². The van der Waals surface area contributed by atoms with E-state index in [1.165, 1.54) is 25.9 Å². The average molecular weight is 287 g/mol. The molecule has 0 bridgehead atoms. The summed E-state index contributed by atoms with van der Waals surface area (Å²) in [6.45, 7) is 19.3. The lowest BCUT2D eigenvalue weighted by molar-refractivity contribution is 0.0835. The molecule has 1 N–H and O–H groups in total. The fourth-order valence-electron chi connectivity index (χ4n) is 2.56. The molecular weight excluding hydrogens is 248 g/mol. The summed E-state index contributed by atoms with van der Waals surface area (Å²) in [5, 5.41) is 3.36. The van der Waals surface area contributed by atoms with E-state index in [4.69, 9.17) is 4.74 Å². The van der Waals surface area contributed by atoms with Gasteiger partial charge in [-0.05, 0) is 37.8 Å². The molecule has 0 aromatic rings. The minimum absolute atomic E-state index is 0.559. The van der Waals surface area contributed by atoms with Gasteiger partial charge in [0.25, 0.3) is 0 Å². The highest BCUT2D eigenvalue weighted by molar-refractivity contribution is 4.74. The van der Waals surface area contributed by atoms with E-state index < -0.39 is 0 Å². The second-order valence-electron chi connectivity index (χ2n) is 6.14. The highest BCUT2D eigenvalue weighted by atomic mass is 16.5. The van der Waals surface area contributed by atoms with Gasteiger partial charge >= 0.3 is 0 Å². The van der Waals surface area contributed by atoms with Gasteiger partial charge in [0.05, 0.1) is 13.2 Å². The monoisotopic (exact) mass is 286 g/mol. The molecule has 0 saturated carbocycles. The van der Waals surface area contributed by atoms with Gasteiger partial charge in [-0.2, -0.15) is 0 Å². The second-order valence-corrected chi connectivity index (χ2v) is 6.14. The number of likely N-dealkylation sites (tertiary alicyclic amines) is 1. The van der Waals surface area contributed by atoms with Gasteiger partial charge in [0.1, 0.15) is 0 Å². The number of rotatable bonds is 8. The smallest absolute Gasteiger partial charge is 0.0594 e. The van der Waals surface area contributed by atoms with E-state index in [0.717, 1.165) is 38.1 Å². The average Bonchev–Trinajstić information content (AvgIpc) is 2.45. The van der Waals surface area contributed by atoms with E-state index in [0.29, 0.717) is 6.04 Å². The van der Waals surface area contributed by atoms with Gasteiger partial charge in [0.15, 0.2) is 0 Å². The maximum atomic E-state index is 5.66. The zero-order valence-electron chi connectivity index (χ0n) is 14.7. The molecule has 0 spiro atoms. The van der Waals surface area contributed by atoms with Crippen molar-refractivity contribution in [2.24, 2.45) is 11.8 Å². The van der Waals surface area contributed by atoms with Crippen molar-refractivity contribution in [1.82, 2.24) is 10.2 Å². The lowest BCUT2D eigenvalue weighted by atomic mass is 9.87. The maximum Gasteiger partial charge on any atom is 0.0594 e. The number of nitrogens with one attached hydrogen (secondary N) is 1. The molecule has 0 aliphatic carbocycles. The first-order valence-corrected chi connectivity index (χ1v) is 8.63. The maximum absolute atomic E-state index is 5.66. The lowest BCUT2D eigenvalue weighted by Gasteiger charge is -2.33. The third-order valence-corrected chi connectivity index (χ3v) is 3.93. The van der Waals surface area contributed by atoms with Crippen LogP contribution in [-0.4, -0.2) is 50.3 Å². The molecule has 1 fully saturated rings. The third kappa shape index (κ3) is 9.73. The molecule has 0 unspecified atom stereocenters. The molecule has 0 radical (unpaired) electrons. The Labute approximate surface area is 127 Å². The molecule has 3 nitrogen and oxygen atoms in total. The quantitative estimate of drug-likeness (QED) is 0.692. The zero-order valence-corrected chi connectivity index (χ0v) is 14.7. The number of nitrogens with zero attached hydrogens (tertiary/aromatic N) is 1. The molecular formula is C17H38N2O. The number of hydrogen-bond acceptors (Lipinski definition) is 3. The highest BCUT2D eigenvalue weighted by Crippen LogP contribution is 2.23. The summed E-state index contributed by atoms with van der Waals surface area (Å²) in [7, 11) is 0. The van der Waals surface area contributed by atoms with E-state index >= 15 is 0 Å². The fraction of sp³-hybridized carbons (Fsp3) is 1.00. The van der Waals surface area contributed by atoms with Crippen LogP contribution in [0.3, 0.4) is 0 Å². The standard InChI is InChI=1S/C15H32N2O.C2H6/c1-13(2)15-5-8-17(9-6-15)10-12-18-11-7-16-14(3)4;1-2/h13-16H,5-12H2,1-4H3;1-2H3. The number of piperidine rings is 1. The van der Waals surface area contributed by atoms with Crippen LogP contribution in [0.15, 0.2) is 0 Å². The normalized spacial score (nSPS) is 17.4. The van der Waals surface area contributed by atoms with Crippen LogP contribution in [0.5, 0.6) is 0 Å². The van der Waals surface area contributed by atoms with Crippen LogP contribution in [0.25, 0.3) is 0 Å². The summed E-state index contributed by atoms with van der Waals surface area (Å²) in [6.07, 6.45) is 2.74. The molecule has 0 amide bonds. The van der Waals surface area contributed by atoms with Crippen molar-refractivity contribution in [3.8, 4) is 0 Å². The Hall–Kier alpha value is -0.120. The molecule has 1 saturated heterocycles. The Bertz CT molecular complexity index is 199. The Balaban J connectivity index is 0.00000172. The van der Waals surface area contributed by atoms with E-state index in [-0.39, 0.29) is 0 Å². The Morgan fingerprint density at radius 3 is 2.15 bits per heavy atom. The summed E-state index contributed by atoms with van der Waals surface area (Å²) in [4.78, 5) is 2.55. The summed E-state index contributed by atoms with van der Waals surface area (Å²) >= 11 is 0. The van der Waals surface area contributed by atoms with Crippen molar-refractivity contribution in [2.75, 3.05) is 39.4 Å². The van der Waals surface area contributed by atoms with Crippen molar-refractivity contribution in [3.05, 3.63) is 0 Å². The third-order valence-electron chi connectivity index (χ3n) is 3.93. The van der Waals surface area contributed by atoms with Crippen molar-refractivity contribution >= 4 is 0 Å². The Kier molecular flexibility index (Phi) is 12.5. The predicted octanol–water partition coefficient (Wildman–Crippen LogP) is 3.40. The molecule has 1 aliphatic rings. The molecule has 1 heterocycles. The minimum Gasteiger partial charge on any atom is -0.379 e. The first kappa shape index (κ1) is 19.9. The predicted molar refractivity (Wildman–Crippen MR) is 89.3 cm³/mol. The Morgan fingerprint density at radius 1 is 1.05 bits per heavy atom. The lowest BCUT2D eigenvalue weighted by Crippen LogP contribution is -2.37. The first-order chi connectivity index (χ1) is 9.59. The summed E-state index contributed by atoms with van der Waals surface area (Å²) in [6, 6.07) is 0.559. The number of ether oxygens (including phenoxy) is 1. The molecule has 0 aromatic carbocycles. The molecule has 122 valence electrons. The van der Waals surface area contributed by atoms with Crippen molar-refractivity contribution in [3.63, 3.8) is 0 Å². The first-order valence-electron chi connectivity index (χ1n) is 8.63. The molecule has 1 aliphatic heterocycles. The second kappa shape index (κ2) is 12.6. The van der Waals surface area contributed by atoms with E-state index in [1.807, 2.05) is 13.8 Å². The van der Waals surface area contributed by atoms with E-state index in [2.05, 4.69) is 37.9 Å². The fourth-order valence-corrected chi connectivity index (χ4v) is 2.56. The Morgan fingerprint density at radius 2 is 1.65 bits per heavy atom. The van der Waals surface area contributed by atoms with Crippen LogP contribution < -0.4 is 5.32 Å². The van der Waals surface area contributed by atoms with Crippen LogP contribution >= 0.6 is 0 Å². The van der Waals surface area contributed by atoms with Gasteiger partial charge in [-0.1, -0.05) is 41.5 Å². The zero-order chi connectivity index (χ0) is 15.4. The summed E-state index contributed by atoms with van der Waals surface area (Å²) in [5.74, 6) is 1.79. The van der Waals surface area contributed by atoms with Gasteiger partial charge in [-0.25, -0.2) is 0 Å². The highest BCUT2D eigenvalue weighted by Gasteiger charge is 2.20. The van der Waals surface area contributed by atoms with Gasteiger partial charge in [0.2, 0.25) is 0 Å². The van der Waals surface area contributed by atoms with Crippen LogP contribution in [0.1, 0.15) is 54.4 Å². The number of hydrogen-bond donors (Lipinski definition) is 1. The van der Waals surface area contributed by atoms with Gasteiger partial charge in [-0.15, -0.1) is 0 Å². The van der Waals surface area contributed by atoms with Crippen molar-refractivity contribution < 1.29 is 4.74 Å². The van der Waals surface area contributed by atoms with Crippen molar-refractivity contribution in [2.45, 2.75) is 60.4 Å². The largest absolute Gasteiger partial charge is 0.379 e.